The Balaban J connectivity index is 2.05. The molecule has 1 aliphatic heterocycles. The third-order valence-corrected chi connectivity index (χ3v) is 4.34. The first-order valence-corrected chi connectivity index (χ1v) is 8.22. The number of carbonyl (C=O) groups is 1. The normalized spacial score (nSPS) is 16.0. The van der Waals surface area contributed by atoms with Crippen molar-refractivity contribution in [3.8, 4) is 0 Å². The lowest BCUT2D eigenvalue weighted by molar-refractivity contribution is 0.0686. The van der Waals surface area contributed by atoms with Crippen LogP contribution < -0.4 is 5.32 Å². The summed E-state index contributed by atoms with van der Waals surface area (Å²) in [6, 6.07) is 1.76. The number of nitrogens with one attached hydrogen (secondary N) is 1. The number of likely N-dealkylation sites (tertiary alicyclic amines) is 1. The molecule has 5 heteroatoms. The summed E-state index contributed by atoms with van der Waals surface area (Å²) in [6.45, 7) is 6.65. The van der Waals surface area contributed by atoms with Gasteiger partial charge in [0.25, 0.3) is 5.91 Å². The highest BCUT2D eigenvalue weighted by Gasteiger charge is 2.24. The Hall–Kier alpha value is -1.29. The lowest BCUT2D eigenvalue weighted by Crippen LogP contribution is -2.38. The second-order valence-corrected chi connectivity index (χ2v) is 6.01. The van der Waals surface area contributed by atoms with Crippen molar-refractivity contribution in [2.75, 3.05) is 25.0 Å². The number of hydrogen-bond donors (Lipinski definition) is 1. The number of pyridine rings is 1. The first-order chi connectivity index (χ1) is 10.2. The monoisotopic (exact) mass is 309 g/mol. The van der Waals surface area contributed by atoms with Gasteiger partial charge < -0.3 is 10.2 Å². The minimum atomic E-state index is 0.0245. The first-order valence-electron chi connectivity index (χ1n) is 7.84. The Kier molecular flexibility index (Phi) is 5.85. The Bertz CT molecular complexity index is 484. The number of piperidine rings is 1. The predicted molar refractivity (Wildman–Crippen MR) is 86.9 cm³/mol. The minimum absolute atomic E-state index is 0.0245. The molecule has 1 fully saturated rings. The van der Waals surface area contributed by atoms with Crippen LogP contribution in [0.15, 0.2) is 12.3 Å². The molecule has 0 aliphatic carbocycles. The number of nitrogens with zero attached hydrogens (tertiary/aromatic N) is 2. The molecule has 0 saturated carbocycles. The van der Waals surface area contributed by atoms with E-state index < -0.39 is 0 Å². The molecule has 0 aromatic carbocycles. The minimum Gasteiger partial charge on any atom is -0.370 e. The fourth-order valence-corrected chi connectivity index (χ4v) is 3.07. The highest BCUT2D eigenvalue weighted by molar-refractivity contribution is 6.33. The van der Waals surface area contributed by atoms with E-state index in [1.54, 1.807) is 12.3 Å². The van der Waals surface area contributed by atoms with Crippen LogP contribution in [-0.2, 0) is 0 Å². The van der Waals surface area contributed by atoms with Crippen LogP contribution in [0.25, 0.3) is 0 Å². The van der Waals surface area contributed by atoms with Crippen LogP contribution in [0, 0.1) is 5.92 Å². The number of hydrogen-bond acceptors (Lipinski definition) is 3. The van der Waals surface area contributed by atoms with E-state index in [1.807, 2.05) is 11.8 Å². The van der Waals surface area contributed by atoms with E-state index in [-0.39, 0.29) is 5.91 Å². The van der Waals surface area contributed by atoms with Crippen molar-refractivity contribution < 1.29 is 4.79 Å². The summed E-state index contributed by atoms with van der Waals surface area (Å²) in [4.78, 5) is 18.7. The molecule has 0 unspecified atom stereocenters. The van der Waals surface area contributed by atoms with Gasteiger partial charge in [0.2, 0.25) is 0 Å². The van der Waals surface area contributed by atoms with Gasteiger partial charge >= 0.3 is 0 Å². The molecule has 1 saturated heterocycles. The number of rotatable bonds is 5. The van der Waals surface area contributed by atoms with E-state index in [4.69, 9.17) is 11.6 Å². The topological polar surface area (TPSA) is 45.2 Å². The molecule has 1 N–H and O–H groups in total. The molecular weight excluding hydrogens is 286 g/mol. The summed E-state index contributed by atoms with van der Waals surface area (Å²) >= 11 is 6.15. The van der Waals surface area contributed by atoms with Crippen molar-refractivity contribution in [1.29, 1.82) is 0 Å². The maximum absolute atomic E-state index is 12.6. The second-order valence-electron chi connectivity index (χ2n) is 5.60. The van der Waals surface area contributed by atoms with Crippen molar-refractivity contribution in [2.24, 2.45) is 5.92 Å². The zero-order valence-corrected chi connectivity index (χ0v) is 13.6. The van der Waals surface area contributed by atoms with E-state index in [9.17, 15) is 4.79 Å². The van der Waals surface area contributed by atoms with Crippen LogP contribution >= 0.6 is 11.6 Å². The molecule has 1 aromatic rings. The van der Waals surface area contributed by atoms with Gasteiger partial charge in [-0.05, 0) is 31.7 Å². The quantitative estimate of drug-likeness (QED) is 0.899. The number of aromatic nitrogens is 1. The molecule has 4 nitrogen and oxygen atoms in total. The van der Waals surface area contributed by atoms with E-state index >= 15 is 0 Å². The number of halogens is 1. The summed E-state index contributed by atoms with van der Waals surface area (Å²) in [7, 11) is 0. The van der Waals surface area contributed by atoms with Gasteiger partial charge in [0, 0.05) is 25.8 Å². The summed E-state index contributed by atoms with van der Waals surface area (Å²) in [6.07, 6.45) is 6.24. The largest absolute Gasteiger partial charge is 0.370 e. The maximum Gasteiger partial charge on any atom is 0.255 e. The molecule has 21 heavy (non-hydrogen) atoms. The molecule has 0 bridgehead atoms. The second kappa shape index (κ2) is 7.64. The van der Waals surface area contributed by atoms with Crippen molar-refractivity contribution >= 4 is 23.3 Å². The lowest BCUT2D eigenvalue weighted by atomic mass is 9.92. The Morgan fingerprint density at radius 1 is 1.43 bits per heavy atom. The van der Waals surface area contributed by atoms with Crippen molar-refractivity contribution in [3.05, 3.63) is 22.8 Å². The lowest BCUT2D eigenvalue weighted by Gasteiger charge is -2.32. The van der Waals surface area contributed by atoms with Gasteiger partial charge in [-0.3, -0.25) is 4.79 Å². The van der Waals surface area contributed by atoms with Crippen LogP contribution in [0.4, 0.5) is 5.82 Å². The molecule has 116 valence electrons. The van der Waals surface area contributed by atoms with Crippen LogP contribution in [0.2, 0.25) is 5.02 Å². The summed E-state index contributed by atoms with van der Waals surface area (Å²) in [5, 5.41) is 3.54. The van der Waals surface area contributed by atoms with E-state index in [1.165, 1.54) is 12.8 Å². The molecular formula is C16H24ClN3O. The van der Waals surface area contributed by atoms with Gasteiger partial charge in [-0.2, -0.15) is 0 Å². The fourth-order valence-electron chi connectivity index (χ4n) is 2.88. The van der Waals surface area contributed by atoms with Gasteiger partial charge in [-0.1, -0.05) is 31.4 Å². The van der Waals surface area contributed by atoms with Gasteiger partial charge in [-0.25, -0.2) is 4.98 Å². The number of carbonyl (C=O) groups excluding carboxylic acids is 1. The Morgan fingerprint density at radius 3 is 2.76 bits per heavy atom. The maximum atomic E-state index is 12.6. The van der Waals surface area contributed by atoms with Gasteiger partial charge in [0.1, 0.15) is 5.82 Å². The third-order valence-electron chi connectivity index (χ3n) is 4.04. The van der Waals surface area contributed by atoms with Crippen LogP contribution in [0.1, 0.15) is 49.9 Å². The average Bonchev–Trinajstić information content (AvgIpc) is 2.50. The molecule has 2 heterocycles. The van der Waals surface area contributed by atoms with Gasteiger partial charge in [-0.15, -0.1) is 0 Å². The highest BCUT2D eigenvalue weighted by Crippen LogP contribution is 2.25. The van der Waals surface area contributed by atoms with Crippen LogP contribution in [0.5, 0.6) is 0 Å². The zero-order valence-electron chi connectivity index (χ0n) is 12.9. The molecule has 1 aromatic heterocycles. The van der Waals surface area contributed by atoms with E-state index in [0.717, 1.165) is 38.4 Å². The smallest absolute Gasteiger partial charge is 0.255 e. The fraction of sp³-hybridized carbons (Fsp3) is 0.625. The first kappa shape index (κ1) is 16.1. The van der Waals surface area contributed by atoms with Crippen molar-refractivity contribution in [3.63, 3.8) is 0 Å². The molecule has 0 atom stereocenters. The summed E-state index contributed by atoms with van der Waals surface area (Å²) < 4.78 is 0. The van der Waals surface area contributed by atoms with Crippen molar-refractivity contribution in [2.45, 2.75) is 39.5 Å². The molecule has 1 amide bonds. The van der Waals surface area contributed by atoms with Crippen LogP contribution in [0.3, 0.4) is 0 Å². The Morgan fingerprint density at radius 2 is 2.14 bits per heavy atom. The van der Waals surface area contributed by atoms with Gasteiger partial charge in [0.05, 0.1) is 10.6 Å². The predicted octanol–water partition coefficient (Wildman–Crippen LogP) is 3.82. The SMILES string of the molecule is CCCC1CCN(C(=O)c2cc(NCC)ncc2Cl)CC1. The molecule has 2 rings (SSSR count). The van der Waals surface area contributed by atoms with Crippen molar-refractivity contribution in [1.82, 2.24) is 9.88 Å². The Labute approximate surface area is 131 Å². The van der Waals surface area contributed by atoms with Gasteiger partial charge in [0.15, 0.2) is 0 Å². The summed E-state index contributed by atoms with van der Waals surface area (Å²) in [5.41, 5.74) is 0.552. The molecule has 0 spiro atoms. The average molecular weight is 310 g/mol. The third kappa shape index (κ3) is 4.10. The van der Waals surface area contributed by atoms with Crippen LogP contribution in [-0.4, -0.2) is 35.4 Å². The molecule has 1 aliphatic rings. The highest BCUT2D eigenvalue weighted by atomic mass is 35.5. The zero-order chi connectivity index (χ0) is 15.2. The molecule has 0 radical (unpaired) electrons. The number of amides is 1. The summed E-state index contributed by atoms with van der Waals surface area (Å²) in [5.74, 6) is 1.49. The van der Waals surface area contributed by atoms with E-state index in [0.29, 0.717) is 16.4 Å². The number of anilines is 1. The van der Waals surface area contributed by atoms with E-state index in [2.05, 4.69) is 17.2 Å². The standard InChI is InChI=1S/C16H24ClN3O/c1-3-5-12-6-8-20(9-7-12)16(21)13-10-15(18-4-2)19-11-14(13)17/h10-12H,3-9H2,1-2H3,(H,18,19).